The predicted molar refractivity (Wildman–Crippen MR) is 527 cm³/mol. The van der Waals surface area contributed by atoms with Gasteiger partial charge in [-0.15, -0.1) is 21.7 Å². The number of carbonyl (C=O) groups excluding carboxylic acids is 5. The molecular formula is C85H71N7O44S12. The molecule has 148 heavy (non-hydrogen) atoms. The first kappa shape index (κ1) is 114. The second kappa shape index (κ2) is 48.9. The fraction of sp³-hybridized carbons (Fsp3) is 0.0706. The molecule has 0 bridgehead atoms. The van der Waals surface area contributed by atoms with Gasteiger partial charge in [0.05, 0.1) is 118 Å². The van der Waals surface area contributed by atoms with Crippen LogP contribution in [0.3, 0.4) is 0 Å². The van der Waals surface area contributed by atoms with Crippen LogP contribution in [0.4, 0.5) is 39.8 Å². The quantitative estimate of drug-likeness (QED) is 0.00422. The number of aromatic hydroxyl groups is 5. The van der Waals surface area contributed by atoms with Gasteiger partial charge in [-0.1, -0.05) is 74.4 Å². The lowest BCUT2D eigenvalue weighted by molar-refractivity contribution is -0.432. The Hall–Kier alpha value is -13.1. The maximum atomic E-state index is 13.5. The number of amides is 5. The lowest BCUT2D eigenvalue weighted by Crippen LogP contribution is -2.16. The molecule has 782 valence electrons. The topological polar surface area (TPSA) is 804 Å². The number of carbonyl (C=O) groups is 5. The van der Waals surface area contributed by atoms with Gasteiger partial charge in [-0.25, -0.2) is 43.1 Å². The van der Waals surface area contributed by atoms with E-state index in [1.165, 1.54) is 140 Å². The SMILES string of the molecule is O=C(CCCCCCC(=O)Nc1cc(S(=O)(=O)O)cc2cc(SOOO)cc(O)c12)Nc1cc(SOOO)cc2cc(S(=O)(=O)O)cc(O)c12.O=CNc1cccc(C(=O)Nc2cccc(C(=O)Nc3cc4c(O)cc(SOOO)cc4cc3S(=O)(=O)O)c2)c1.O=S(=O)(O)c1cc(O)c2c(NS(=O)(=O)c3ccc(-c4ccc(S(=O)(=O)Nc5cc(S(=O)(=O)O)cc6cc(SOOO)cc(O)c56)cc4)cc3)cc(SOOO)cc2c1. The molecule has 14 rings (SSSR count). The second-order valence-electron chi connectivity index (χ2n) is 30.2. The van der Waals surface area contributed by atoms with Crippen LogP contribution in [-0.2, 0) is 132 Å². The van der Waals surface area contributed by atoms with Crippen LogP contribution in [0.25, 0.3) is 65.0 Å². The molecule has 0 saturated heterocycles. The van der Waals surface area contributed by atoms with Crippen molar-refractivity contribution >= 4 is 255 Å². The van der Waals surface area contributed by atoms with Crippen molar-refractivity contribution in [3.05, 3.63) is 230 Å². The normalized spacial score (nSPS) is 12.0. The zero-order chi connectivity index (χ0) is 108. The van der Waals surface area contributed by atoms with Crippen molar-refractivity contribution in [2.45, 2.75) is 97.3 Å². The molecule has 0 heterocycles. The first-order chi connectivity index (χ1) is 69.9. The molecule has 0 aliphatic rings. The predicted octanol–water partition coefficient (Wildman–Crippen LogP) is 16.0. The molecule has 51 nitrogen and oxygen atoms in total. The molecule has 14 aromatic carbocycles. The Morgan fingerprint density at radius 1 is 0.297 bits per heavy atom. The van der Waals surface area contributed by atoms with E-state index < -0.39 is 142 Å². The third-order valence-electron chi connectivity index (χ3n) is 20.4. The van der Waals surface area contributed by atoms with Gasteiger partial charge < -0.3 is 52.1 Å². The van der Waals surface area contributed by atoms with Gasteiger partial charge in [-0.3, -0.25) is 56.2 Å². The summed E-state index contributed by atoms with van der Waals surface area (Å²) in [5.74, 6) is -4.76. The Bertz CT molecular complexity index is 8390. The molecule has 0 unspecified atom stereocenters. The molecule has 0 saturated carbocycles. The summed E-state index contributed by atoms with van der Waals surface area (Å²) in [6.45, 7) is 0. The van der Waals surface area contributed by atoms with Crippen LogP contribution in [0.2, 0.25) is 0 Å². The number of sulfonamides is 2. The van der Waals surface area contributed by atoms with Gasteiger partial charge in [-0.05, 0) is 221 Å². The number of hydrogen-bond acceptors (Lipinski definition) is 44. The van der Waals surface area contributed by atoms with Crippen molar-refractivity contribution in [1.82, 2.24) is 0 Å². The van der Waals surface area contributed by atoms with Crippen LogP contribution in [0.15, 0.2) is 277 Å². The van der Waals surface area contributed by atoms with Gasteiger partial charge in [0.15, 0.2) is 0 Å². The highest BCUT2D eigenvalue weighted by Gasteiger charge is 2.29. The Morgan fingerprint density at radius 3 is 1.01 bits per heavy atom. The van der Waals surface area contributed by atoms with E-state index in [9.17, 15) is 131 Å². The minimum atomic E-state index is -4.88. The van der Waals surface area contributed by atoms with Crippen molar-refractivity contribution in [2.24, 2.45) is 0 Å². The Kier molecular flexibility index (Phi) is 37.6. The molecule has 5 amide bonds. The van der Waals surface area contributed by atoms with E-state index in [1.54, 1.807) is 12.1 Å². The maximum absolute atomic E-state index is 13.5. The monoisotopic (exact) mass is 2280 g/mol. The standard InChI is InChI=1S/C32H24N2O18S6.C28H28N2O16S4.C25H19N3O10S2/c35-29-14-22(54-52-50-38)10-20-11-25(57(43,44)45)15-28(32(20)29)34-56(41,42)24-7-3-18(4-8-24)17-1-5-23(6-2-17)55(39,40)33-27-13-21(53-51-49-37)9-19-12-26(58(46,47)48)16-30(36)31(19)27;31-23-12-18(48-46-44-36)8-16-9-19(49(37,38)39)13-22(28(16)23)30-26(34)6-4-2-1-3-5-25(33)29-21-11-17(47-45-43-35)7-15-10-20(50(40,41)42)14-24(32)27(15)21;29-13-26-17-5-1-3-14(7-17)24(31)27-18-6-2-4-15(8-18)25(32)28-21-12-20-16(10-23(21)40(34,35)36)9-19(11-22(20)30)39-38-37-33/h1-16,33-38H,(H,43,44,45)(H,46,47,48);7-14,31-32,35-36H,1-6H2,(H,29,33)(H,30,34)(H,37,38,39)(H,40,41,42);1-13,30,33H,(H,26,29)(H,27,31)(H,28,32)(H,34,35,36). The maximum Gasteiger partial charge on any atom is 0.296 e. The summed E-state index contributed by atoms with van der Waals surface area (Å²) in [5.41, 5.74) is 0.783. The fourth-order valence-electron chi connectivity index (χ4n) is 14.2. The second-order valence-corrected chi connectivity index (χ2v) is 44.5. The number of benzene rings is 14. The zero-order valence-corrected chi connectivity index (χ0v) is 83.3. The lowest BCUT2D eigenvalue weighted by atomic mass is 10.1. The summed E-state index contributed by atoms with van der Waals surface area (Å²) in [7, 11) is -32.8. The summed E-state index contributed by atoms with van der Waals surface area (Å²) in [5, 5.41) is 126. The molecule has 0 aliphatic heterocycles. The van der Waals surface area contributed by atoms with Gasteiger partial charge in [-0.2, -0.15) is 42.1 Å². The van der Waals surface area contributed by atoms with Gasteiger partial charge in [0.2, 0.25) is 18.2 Å². The van der Waals surface area contributed by atoms with Gasteiger partial charge >= 0.3 is 0 Å². The average Bonchev–Trinajstić information content (AvgIpc) is 0.740. The number of fused-ring (bicyclic) bond motifs is 5. The molecule has 0 aliphatic carbocycles. The number of phenolic OH excluding ortho intramolecular Hbond substituents is 5. The van der Waals surface area contributed by atoms with E-state index in [1.807, 2.05) is 0 Å². The van der Waals surface area contributed by atoms with Crippen molar-refractivity contribution in [2.75, 3.05) is 36.0 Å². The summed E-state index contributed by atoms with van der Waals surface area (Å²) >= 11 is 2.36. The van der Waals surface area contributed by atoms with Crippen molar-refractivity contribution in [3.8, 4) is 39.9 Å². The number of rotatable bonds is 42. The minimum Gasteiger partial charge on any atom is -0.507 e. The molecule has 14 aromatic rings. The highest BCUT2D eigenvalue weighted by molar-refractivity contribution is 7.96. The number of phenols is 5. The van der Waals surface area contributed by atoms with Crippen LogP contribution in [0.1, 0.15) is 59.2 Å². The summed E-state index contributed by atoms with van der Waals surface area (Å²) in [4.78, 5) is 58.9. The average molecular weight is 2280 g/mol. The van der Waals surface area contributed by atoms with E-state index in [0.717, 1.165) is 60.7 Å². The van der Waals surface area contributed by atoms with Crippen LogP contribution in [0, 0.1) is 0 Å². The van der Waals surface area contributed by atoms with Crippen LogP contribution >= 0.6 is 60.2 Å². The van der Waals surface area contributed by atoms with Crippen molar-refractivity contribution in [3.63, 3.8) is 0 Å². The van der Waals surface area contributed by atoms with Crippen LogP contribution in [-0.4, -0.2) is 164 Å². The van der Waals surface area contributed by atoms with E-state index >= 15 is 0 Å². The first-order valence-corrected chi connectivity index (χ1v) is 54.3. The summed E-state index contributed by atoms with van der Waals surface area (Å²) < 4.78 is 247. The van der Waals surface area contributed by atoms with Crippen molar-refractivity contribution < 1.29 is 204 Å². The number of hydrogen-bond donors (Lipinski definition) is 22. The van der Waals surface area contributed by atoms with Gasteiger partial charge in [0.25, 0.3) is 82.5 Å². The molecule has 0 radical (unpaired) electrons. The fourth-order valence-corrected chi connectivity index (χ4v) is 21.4. The Labute approximate surface area is 855 Å². The molecule has 0 fully saturated rings. The summed E-state index contributed by atoms with van der Waals surface area (Å²) in [6, 6.07) is 44.7. The van der Waals surface area contributed by atoms with Crippen LogP contribution < -0.4 is 36.0 Å². The van der Waals surface area contributed by atoms with Gasteiger partial charge in [0.1, 0.15) is 33.6 Å². The smallest absolute Gasteiger partial charge is 0.296 e. The van der Waals surface area contributed by atoms with E-state index in [2.05, 4.69) is 82.9 Å². The largest absolute Gasteiger partial charge is 0.507 e. The highest BCUT2D eigenvalue weighted by Crippen LogP contribution is 2.46. The Balaban J connectivity index is 0.000000200. The molecule has 63 heteroatoms. The van der Waals surface area contributed by atoms with Crippen LogP contribution in [0.5, 0.6) is 28.7 Å². The molecular weight excluding hydrogens is 2210 g/mol. The summed E-state index contributed by atoms with van der Waals surface area (Å²) in [6.07, 6.45) is 2.27. The minimum absolute atomic E-state index is 0.0128. The van der Waals surface area contributed by atoms with E-state index in [-0.39, 0.29) is 152 Å². The highest BCUT2D eigenvalue weighted by atomic mass is 32.2. The van der Waals surface area contributed by atoms with Crippen molar-refractivity contribution in [1.29, 1.82) is 0 Å². The third-order valence-corrected chi connectivity index (χ3v) is 30.2. The molecule has 0 spiro atoms. The molecule has 0 aromatic heterocycles. The first-order valence-electron chi connectivity index (χ1n) is 40.4. The number of unbranched alkanes of at least 4 members (excludes halogenated alkanes) is 3. The van der Waals surface area contributed by atoms with Gasteiger partial charge in [0, 0.05) is 98.9 Å². The lowest BCUT2D eigenvalue weighted by Gasteiger charge is -2.15. The van der Waals surface area contributed by atoms with E-state index in [4.69, 9.17) is 26.3 Å². The molecule has 0 atom stereocenters. The third kappa shape index (κ3) is 29.7. The zero-order valence-electron chi connectivity index (χ0n) is 73.6. The number of anilines is 7. The Morgan fingerprint density at radius 2 is 0.622 bits per heavy atom. The van der Waals surface area contributed by atoms with E-state index in [0.29, 0.717) is 115 Å². The molecule has 22 N–H and O–H groups in total. The number of nitrogens with one attached hydrogen (secondary N) is 7.